The Hall–Kier alpha value is -0.860. The van der Waals surface area contributed by atoms with Gasteiger partial charge in [0, 0.05) is 25.6 Å². The Bertz CT molecular complexity index is 579. The lowest BCUT2D eigenvalue weighted by molar-refractivity contribution is 0.221. The lowest BCUT2D eigenvalue weighted by Gasteiger charge is -2.30. The van der Waals surface area contributed by atoms with Crippen molar-refractivity contribution in [1.82, 2.24) is 4.90 Å². The molecule has 0 aromatic carbocycles. The number of unbranched alkanes of at least 4 members (excludes halogenated alkanes) is 3. The molecule has 0 aliphatic heterocycles. The molecule has 0 heterocycles. The molecule has 27 heavy (non-hydrogen) atoms. The summed E-state index contributed by atoms with van der Waals surface area (Å²) in [6, 6.07) is 0. The summed E-state index contributed by atoms with van der Waals surface area (Å²) in [6.45, 7) is 4.17. The van der Waals surface area contributed by atoms with Crippen molar-refractivity contribution >= 4 is 0 Å². The van der Waals surface area contributed by atoms with Gasteiger partial charge in [-0.1, -0.05) is 53.7 Å². The molecule has 4 aliphatic carbocycles. The molecule has 0 spiro atoms. The van der Waals surface area contributed by atoms with E-state index in [1.165, 1.54) is 96.7 Å². The van der Waals surface area contributed by atoms with Crippen LogP contribution >= 0.6 is 0 Å². The molecule has 4 aliphatic rings. The maximum absolute atomic E-state index is 9.02. The first-order chi connectivity index (χ1) is 13.3. The fraction of sp³-hybridized carbons (Fsp3) is 0.760. The molecular formula is C25H39NO. The predicted octanol–water partition coefficient (Wildman–Crippen LogP) is 5.79. The van der Waals surface area contributed by atoms with Crippen molar-refractivity contribution in [3.8, 4) is 0 Å². The minimum atomic E-state index is 0.354. The lowest BCUT2D eigenvalue weighted by atomic mass is 9.94. The van der Waals surface area contributed by atoms with Crippen molar-refractivity contribution < 1.29 is 5.11 Å². The third-order valence-corrected chi connectivity index (χ3v) is 7.58. The van der Waals surface area contributed by atoms with Gasteiger partial charge in [0.25, 0.3) is 0 Å². The molecule has 150 valence electrons. The van der Waals surface area contributed by atoms with Crippen LogP contribution in [0.5, 0.6) is 0 Å². The van der Waals surface area contributed by atoms with Crippen LogP contribution in [0.4, 0.5) is 0 Å². The van der Waals surface area contributed by atoms with E-state index in [4.69, 9.17) is 5.11 Å². The number of fused-ring (bicyclic) bond motifs is 2. The second kappa shape index (κ2) is 9.56. The smallest absolute Gasteiger partial charge is 0.0431 e. The first-order valence-electron chi connectivity index (χ1n) is 11.8. The Morgan fingerprint density at radius 1 is 0.815 bits per heavy atom. The number of aliphatic hydroxyl groups excluding tert-OH is 1. The van der Waals surface area contributed by atoms with Gasteiger partial charge in [-0.15, -0.1) is 0 Å². The zero-order valence-corrected chi connectivity index (χ0v) is 17.2. The van der Waals surface area contributed by atoms with Crippen molar-refractivity contribution in [1.29, 1.82) is 0 Å². The molecule has 1 saturated carbocycles. The number of allylic oxidation sites excluding steroid dienone is 3. The molecule has 4 rings (SSSR count). The summed E-state index contributed by atoms with van der Waals surface area (Å²) < 4.78 is 0. The molecule has 0 aromatic rings. The van der Waals surface area contributed by atoms with E-state index in [0.29, 0.717) is 6.61 Å². The third kappa shape index (κ3) is 4.77. The van der Waals surface area contributed by atoms with Gasteiger partial charge in [0.1, 0.15) is 0 Å². The molecule has 2 bridgehead atoms. The molecule has 2 heteroatoms. The van der Waals surface area contributed by atoms with Crippen molar-refractivity contribution in [2.45, 2.75) is 83.5 Å². The van der Waals surface area contributed by atoms with Gasteiger partial charge < -0.3 is 10.0 Å². The van der Waals surface area contributed by atoms with Crippen LogP contribution in [0.2, 0.25) is 0 Å². The van der Waals surface area contributed by atoms with E-state index in [0.717, 1.165) is 18.3 Å². The first kappa shape index (κ1) is 19.5. The van der Waals surface area contributed by atoms with Crippen LogP contribution in [0.3, 0.4) is 0 Å². The summed E-state index contributed by atoms with van der Waals surface area (Å²) in [5.74, 6) is 1.59. The third-order valence-electron chi connectivity index (χ3n) is 7.58. The molecule has 0 radical (unpaired) electrons. The van der Waals surface area contributed by atoms with Crippen molar-refractivity contribution in [3.63, 3.8) is 0 Å². The van der Waals surface area contributed by atoms with E-state index < -0.39 is 0 Å². The standard InChI is InChI=1S/C25H39NO/c27-17-7-2-1-6-16-26(19-25-21-10-11-22(25)13-12-21)18-23-15-14-20-8-4-3-5-9-24(20)23/h10-11,23,25,27H,1-9,12-19H2/t23-/m1/s1. The number of rotatable bonds is 10. The average molecular weight is 370 g/mol. The lowest BCUT2D eigenvalue weighted by Crippen LogP contribution is -2.35. The summed E-state index contributed by atoms with van der Waals surface area (Å²) in [6.07, 6.45) is 22.1. The van der Waals surface area contributed by atoms with Crippen molar-refractivity contribution in [2.24, 2.45) is 11.8 Å². The Labute approximate surface area is 166 Å². The van der Waals surface area contributed by atoms with E-state index >= 15 is 0 Å². The summed E-state index contributed by atoms with van der Waals surface area (Å²) in [4.78, 5) is 2.83. The number of hydrogen-bond acceptors (Lipinski definition) is 2. The van der Waals surface area contributed by atoms with Crippen LogP contribution in [0.15, 0.2) is 34.4 Å². The highest BCUT2D eigenvalue weighted by molar-refractivity contribution is 5.40. The molecular weight excluding hydrogens is 330 g/mol. The van der Waals surface area contributed by atoms with Crippen LogP contribution in [0, 0.1) is 11.8 Å². The highest BCUT2D eigenvalue weighted by Crippen LogP contribution is 2.43. The molecule has 1 fully saturated rings. The van der Waals surface area contributed by atoms with Crippen LogP contribution < -0.4 is 0 Å². The number of hydrogen-bond donors (Lipinski definition) is 1. The molecule has 1 N–H and O–H groups in total. The Morgan fingerprint density at radius 3 is 2.37 bits per heavy atom. The molecule has 2 nitrogen and oxygen atoms in total. The van der Waals surface area contributed by atoms with Gasteiger partial charge in [0.15, 0.2) is 0 Å². The summed E-state index contributed by atoms with van der Waals surface area (Å²) in [7, 11) is 0. The summed E-state index contributed by atoms with van der Waals surface area (Å²) in [5.41, 5.74) is 7.14. The van der Waals surface area contributed by atoms with Crippen LogP contribution in [0.25, 0.3) is 0 Å². The first-order valence-corrected chi connectivity index (χ1v) is 11.8. The molecule has 0 aromatic heterocycles. The highest BCUT2D eigenvalue weighted by Gasteiger charge is 2.32. The second-order valence-electron chi connectivity index (χ2n) is 9.36. The Balaban J connectivity index is 1.36. The van der Waals surface area contributed by atoms with Gasteiger partial charge in [-0.2, -0.15) is 0 Å². The summed E-state index contributed by atoms with van der Waals surface area (Å²) in [5, 5.41) is 9.02. The molecule has 0 unspecified atom stereocenters. The quantitative estimate of drug-likeness (QED) is 0.389. The second-order valence-corrected chi connectivity index (χ2v) is 9.36. The van der Waals surface area contributed by atoms with E-state index in [1.807, 2.05) is 11.1 Å². The van der Waals surface area contributed by atoms with Gasteiger partial charge in [-0.25, -0.2) is 0 Å². The van der Waals surface area contributed by atoms with Crippen LogP contribution in [0.1, 0.15) is 83.5 Å². The zero-order valence-electron chi connectivity index (χ0n) is 17.2. The number of aliphatic hydroxyl groups is 1. The monoisotopic (exact) mass is 369 g/mol. The summed E-state index contributed by atoms with van der Waals surface area (Å²) >= 11 is 0. The maximum Gasteiger partial charge on any atom is 0.0431 e. The Kier molecular flexibility index (Phi) is 6.89. The van der Waals surface area contributed by atoms with Gasteiger partial charge >= 0.3 is 0 Å². The normalized spacial score (nSPS) is 25.2. The largest absolute Gasteiger partial charge is 0.396 e. The van der Waals surface area contributed by atoms with E-state index in [1.54, 1.807) is 11.1 Å². The predicted molar refractivity (Wildman–Crippen MR) is 114 cm³/mol. The van der Waals surface area contributed by atoms with Crippen LogP contribution in [-0.2, 0) is 0 Å². The van der Waals surface area contributed by atoms with E-state index in [2.05, 4.69) is 17.1 Å². The van der Waals surface area contributed by atoms with Gasteiger partial charge in [-0.3, -0.25) is 0 Å². The average Bonchev–Trinajstić information content (AvgIpc) is 3.31. The fourth-order valence-corrected chi connectivity index (χ4v) is 6.02. The highest BCUT2D eigenvalue weighted by atomic mass is 16.2. The van der Waals surface area contributed by atoms with E-state index in [9.17, 15) is 0 Å². The molecule has 1 atom stereocenters. The van der Waals surface area contributed by atoms with Crippen molar-refractivity contribution in [2.75, 3.05) is 26.2 Å². The van der Waals surface area contributed by atoms with Gasteiger partial charge in [0.05, 0.1) is 0 Å². The van der Waals surface area contributed by atoms with Gasteiger partial charge in [-0.05, 0) is 76.7 Å². The van der Waals surface area contributed by atoms with E-state index in [-0.39, 0.29) is 0 Å². The molecule has 0 saturated heterocycles. The number of nitrogens with zero attached hydrogens (tertiary/aromatic N) is 1. The SMILES string of the molecule is OCCCCCCN(CC1C2=CC=C1CC2)C[C@H]1CCC2=C1CCCCC2. The van der Waals surface area contributed by atoms with Gasteiger partial charge in [0.2, 0.25) is 0 Å². The minimum absolute atomic E-state index is 0.354. The topological polar surface area (TPSA) is 23.5 Å². The minimum Gasteiger partial charge on any atom is -0.396 e. The molecule has 0 amide bonds. The Morgan fingerprint density at radius 2 is 1.59 bits per heavy atom. The van der Waals surface area contributed by atoms with Crippen LogP contribution in [-0.4, -0.2) is 36.2 Å². The van der Waals surface area contributed by atoms with Crippen molar-refractivity contribution in [3.05, 3.63) is 34.4 Å². The zero-order chi connectivity index (χ0) is 18.5. The maximum atomic E-state index is 9.02. The fourth-order valence-electron chi connectivity index (χ4n) is 6.02.